The van der Waals surface area contributed by atoms with Gasteiger partial charge in [-0.2, -0.15) is 0 Å². The lowest BCUT2D eigenvalue weighted by molar-refractivity contribution is -0.197. The van der Waals surface area contributed by atoms with E-state index in [4.69, 9.17) is 14.4 Å². The van der Waals surface area contributed by atoms with Crippen molar-refractivity contribution in [3.8, 4) is 5.75 Å². The van der Waals surface area contributed by atoms with Gasteiger partial charge >= 0.3 is 5.97 Å². The Morgan fingerprint density at radius 3 is 2.38 bits per heavy atom. The summed E-state index contributed by atoms with van der Waals surface area (Å²) in [6.07, 6.45) is 6.88. The standard InChI is InChI=1S/C28H45NO5/c1-9-10-11-23-16-21(3)17-27(7,18-23)26(5,6)33-25(31)28(8,22(4)30)19-32-29-34-24-14-12-20(2)13-15-24/h12-15,21,23,29H,9-11,16-19H2,1-8H3. The van der Waals surface area contributed by atoms with Crippen molar-refractivity contribution in [1.82, 2.24) is 5.64 Å². The van der Waals surface area contributed by atoms with E-state index in [2.05, 4.69) is 26.4 Å². The Morgan fingerprint density at radius 1 is 1.15 bits per heavy atom. The van der Waals surface area contributed by atoms with E-state index in [1.165, 1.54) is 32.6 Å². The summed E-state index contributed by atoms with van der Waals surface area (Å²) in [7, 11) is 0. The van der Waals surface area contributed by atoms with Crippen LogP contribution in [0, 0.1) is 29.6 Å². The van der Waals surface area contributed by atoms with Gasteiger partial charge < -0.3 is 9.57 Å². The highest BCUT2D eigenvalue weighted by atomic mass is 16.9. The number of hydrogen-bond donors (Lipinski definition) is 1. The van der Waals surface area contributed by atoms with Crippen LogP contribution in [0.5, 0.6) is 5.75 Å². The maximum atomic E-state index is 13.4. The van der Waals surface area contributed by atoms with Crippen LogP contribution in [0.3, 0.4) is 0 Å². The fourth-order valence-corrected chi connectivity index (χ4v) is 5.06. The van der Waals surface area contributed by atoms with Gasteiger partial charge in [-0.05, 0) is 83.5 Å². The second-order valence-corrected chi connectivity index (χ2v) is 11.4. The van der Waals surface area contributed by atoms with E-state index in [1.54, 1.807) is 19.1 Å². The normalized spacial score (nSPS) is 24.8. The molecule has 1 N–H and O–H groups in total. The summed E-state index contributed by atoms with van der Waals surface area (Å²) in [6, 6.07) is 7.42. The Balaban J connectivity index is 2.04. The molecule has 0 spiro atoms. The van der Waals surface area contributed by atoms with Crippen LogP contribution >= 0.6 is 0 Å². The molecular weight excluding hydrogens is 430 g/mol. The van der Waals surface area contributed by atoms with Gasteiger partial charge in [-0.15, -0.1) is 0 Å². The largest absolute Gasteiger partial charge is 0.458 e. The molecule has 6 heteroatoms. The van der Waals surface area contributed by atoms with Crippen molar-refractivity contribution in [3.63, 3.8) is 0 Å². The molecule has 6 nitrogen and oxygen atoms in total. The predicted molar refractivity (Wildman–Crippen MR) is 134 cm³/mol. The summed E-state index contributed by atoms with van der Waals surface area (Å²) in [5, 5.41) is 0. The first kappa shape index (κ1) is 28.3. The molecule has 34 heavy (non-hydrogen) atoms. The highest BCUT2D eigenvalue weighted by molar-refractivity contribution is 6.02. The molecule has 1 saturated carbocycles. The highest BCUT2D eigenvalue weighted by Gasteiger charge is 2.51. The topological polar surface area (TPSA) is 73.9 Å². The van der Waals surface area contributed by atoms with Crippen LogP contribution in [0.2, 0.25) is 0 Å². The Labute approximate surface area is 206 Å². The molecule has 0 amide bonds. The smallest absolute Gasteiger partial charge is 0.322 e. The first-order valence-corrected chi connectivity index (χ1v) is 12.7. The molecule has 2 rings (SSSR count). The van der Waals surface area contributed by atoms with Crippen molar-refractivity contribution in [1.29, 1.82) is 0 Å². The SMILES string of the molecule is CCCCC1CC(C)CC(C)(C(C)(C)OC(=O)C(C)(CONOc2ccc(C)cc2)C(C)=O)C1. The summed E-state index contributed by atoms with van der Waals surface area (Å²) in [5.74, 6) is 0.900. The second kappa shape index (κ2) is 11.7. The van der Waals surface area contributed by atoms with Gasteiger partial charge in [0.25, 0.3) is 0 Å². The monoisotopic (exact) mass is 475 g/mol. The fourth-order valence-electron chi connectivity index (χ4n) is 5.06. The van der Waals surface area contributed by atoms with E-state index in [-0.39, 0.29) is 17.8 Å². The van der Waals surface area contributed by atoms with Gasteiger partial charge in [-0.25, -0.2) is 0 Å². The van der Waals surface area contributed by atoms with Crippen molar-refractivity contribution < 1.29 is 24.0 Å². The van der Waals surface area contributed by atoms with Crippen molar-refractivity contribution >= 4 is 11.8 Å². The van der Waals surface area contributed by atoms with E-state index < -0.39 is 17.0 Å². The first-order valence-electron chi connectivity index (χ1n) is 12.7. The molecule has 0 saturated heterocycles. The Hall–Kier alpha value is -1.92. The summed E-state index contributed by atoms with van der Waals surface area (Å²) in [5.41, 5.74) is 1.18. The lowest BCUT2D eigenvalue weighted by Crippen LogP contribution is -2.53. The molecule has 0 bridgehead atoms. The summed E-state index contributed by atoms with van der Waals surface area (Å²) >= 11 is 0. The van der Waals surface area contributed by atoms with E-state index in [1.807, 2.05) is 32.9 Å². The summed E-state index contributed by atoms with van der Waals surface area (Å²) in [6.45, 7) is 15.5. The zero-order valence-electron chi connectivity index (χ0n) is 22.5. The fraction of sp³-hybridized carbons (Fsp3) is 0.714. The van der Waals surface area contributed by atoms with E-state index in [0.717, 1.165) is 18.4 Å². The number of unbranched alkanes of at least 4 members (excludes halogenated alkanes) is 1. The number of carbonyl (C=O) groups is 2. The number of nitrogens with one attached hydrogen (secondary N) is 1. The lowest BCUT2D eigenvalue weighted by atomic mass is 9.59. The van der Waals surface area contributed by atoms with Crippen LogP contribution < -0.4 is 10.5 Å². The Bertz CT molecular complexity index is 821. The molecule has 1 aromatic rings. The Kier molecular flexibility index (Phi) is 9.72. The van der Waals surface area contributed by atoms with Gasteiger partial charge in [0.15, 0.2) is 0 Å². The van der Waals surface area contributed by atoms with Crippen LogP contribution in [0.4, 0.5) is 0 Å². The molecule has 1 aliphatic rings. The van der Waals surface area contributed by atoms with Crippen molar-refractivity contribution in [2.24, 2.45) is 22.7 Å². The number of aryl methyl sites for hydroxylation is 1. The minimum absolute atomic E-state index is 0.163. The minimum atomic E-state index is -1.45. The number of ether oxygens (including phenoxy) is 1. The molecule has 0 aromatic heterocycles. The van der Waals surface area contributed by atoms with Crippen molar-refractivity contribution in [2.45, 2.75) is 99.5 Å². The average Bonchev–Trinajstić information content (AvgIpc) is 2.75. The maximum Gasteiger partial charge on any atom is 0.322 e. The number of hydrogen-bond acceptors (Lipinski definition) is 6. The van der Waals surface area contributed by atoms with Gasteiger partial charge in [-0.3, -0.25) is 14.4 Å². The van der Waals surface area contributed by atoms with Crippen molar-refractivity contribution in [2.75, 3.05) is 6.61 Å². The van der Waals surface area contributed by atoms with Gasteiger partial charge in [-0.1, -0.05) is 57.7 Å². The van der Waals surface area contributed by atoms with Gasteiger partial charge in [0.05, 0.1) is 6.61 Å². The number of rotatable bonds is 12. The molecule has 0 heterocycles. The van der Waals surface area contributed by atoms with E-state index >= 15 is 0 Å². The summed E-state index contributed by atoms with van der Waals surface area (Å²) < 4.78 is 6.13. The third-order valence-corrected chi connectivity index (χ3v) is 7.87. The second-order valence-electron chi connectivity index (χ2n) is 11.4. The number of carbonyl (C=O) groups excluding carboxylic acids is 2. The van der Waals surface area contributed by atoms with Crippen molar-refractivity contribution in [3.05, 3.63) is 29.8 Å². The zero-order chi connectivity index (χ0) is 25.6. The average molecular weight is 476 g/mol. The summed E-state index contributed by atoms with van der Waals surface area (Å²) in [4.78, 5) is 36.6. The number of Topliss-reactive ketones (excluding diaryl/α,β-unsaturated/α-hetero) is 1. The number of esters is 1. The molecule has 0 aliphatic heterocycles. The molecule has 0 radical (unpaired) electrons. The molecule has 1 aliphatic carbocycles. The quantitative estimate of drug-likeness (QED) is 0.164. The molecular formula is C28H45NO5. The van der Waals surface area contributed by atoms with Crippen LogP contribution in [0.15, 0.2) is 24.3 Å². The molecule has 1 aromatic carbocycles. The van der Waals surface area contributed by atoms with Gasteiger partial charge in [0.2, 0.25) is 0 Å². The van der Waals surface area contributed by atoms with Crippen LogP contribution in [-0.2, 0) is 19.2 Å². The molecule has 192 valence electrons. The predicted octanol–water partition coefficient (Wildman–Crippen LogP) is 6.36. The zero-order valence-corrected chi connectivity index (χ0v) is 22.5. The molecule has 1 fully saturated rings. The third kappa shape index (κ3) is 7.05. The molecule has 4 unspecified atom stereocenters. The van der Waals surface area contributed by atoms with Crippen LogP contribution in [0.25, 0.3) is 0 Å². The number of ketones is 1. The van der Waals surface area contributed by atoms with Gasteiger partial charge in [0, 0.05) is 5.41 Å². The van der Waals surface area contributed by atoms with E-state index in [9.17, 15) is 9.59 Å². The number of benzene rings is 1. The highest BCUT2D eigenvalue weighted by Crippen LogP contribution is 2.51. The van der Waals surface area contributed by atoms with Gasteiger partial charge in [0.1, 0.15) is 22.5 Å². The third-order valence-electron chi connectivity index (χ3n) is 7.87. The minimum Gasteiger partial charge on any atom is -0.458 e. The molecule has 4 atom stereocenters. The van der Waals surface area contributed by atoms with E-state index in [0.29, 0.717) is 17.6 Å². The maximum absolute atomic E-state index is 13.4. The van der Waals surface area contributed by atoms with Crippen LogP contribution in [-0.4, -0.2) is 24.0 Å². The van der Waals surface area contributed by atoms with Crippen LogP contribution in [0.1, 0.15) is 92.6 Å². The first-order chi connectivity index (χ1) is 15.8. The lowest BCUT2D eigenvalue weighted by Gasteiger charge is -2.50. The Morgan fingerprint density at radius 2 is 1.79 bits per heavy atom.